The Labute approximate surface area is 137 Å². The summed E-state index contributed by atoms with van der Waals surface area (Å²) in [5.74, 6) is 0.0684. The van der Waals surface area contributed by atoms with Crippen molar-refractivity contribution in [1.29, 1.82) is 0 Å². The molecule has 5 nitrogen and oxygen atoms in total. The summed E-state index contributed by atoms with van der Waals surface area (Å²) in [6, 6.07) is 12.7. The number of aliphatic hydroxyl groups is 1. The summed E-state index contributed by atoms with van der Waals surface area (Å²) in [5, 5.41) is 13.3. The predicted octanol–water partition coefficient (Wildman–Crippen LogP) is 3.29. The van der Waals surface area contributed by atoms with E-state index in [4.69, 9.17) is 4.74 Å². The topological polar surface area (TPSA) is 71.5 Å². The van der Waals surface area contributed by atoms with Gasteiger partial charge >= 0.3 is 0 Å². The van der Waals surface area contributed by atoms with Gasteiger partial charge in [0, 0.05) is 0 Å². The first-order chi connectivity index (χ1) is 11.1. The largest absolute Gasteiger partial charge is 0.497 e. The van der Waals surface area contributed by atoms with Crippen LogP contribution in [0.25, 0.3) is 10.2 Å². The second kappa shape index (κ2) is 6.36. The molecule has 2 N–H and O–H groups in total. The van der Waals surface area contributed by atoms with Crippen molar-refractivity contribution in [2.45, 2.75) is 13.0 Å². The minimum atomic E-state index is -1.28. The van der Waals surface area contributed by atoms with Crippen molar-refractivity contribution in [1.82, 2.24) is 4.98 Å². The fraction of sp³-hybridized carbons (Fsp3) is 0.176. The number of amides is 1. The summed E-state index contributed by atoms with van der Waals surface area (Å²) >= 11 is 1.38. The van der Waals surface area contributed by atoms with E-state index in [9.17, 15) is 9.90 Å². The van der Waals surface area contributed by atoms with E-state index < -0.39 is 12.0 Å². The van der Waals surface area contributed by atoms with Crippen LogP contribution in [-0.2, 0) is 4.79 Å². The quantitative estimate of drug-likeness (QED) is 0.771. The van der Waals surface area contributed by atoms with Gasteiger partial charge in [-0.25, -0.2) is 4.98 Å². The van der Waals surface area contributed by atoms with Crippen molar-refractivity contribution < 1.29 is 14.6 Å². The Balaban J connectivity index is 1.79. The van der Waals surface area contributed by atoms with Gasteiger partial charge < -0.3 is 9.84 Å². The Kier molecular flexibility index (Phi) is 4.27. The number of aryl methyl sites for hydroxylation is 1. The van der Waals surface area contributed by atoms with Crippen LogP contribution in [0.5, 0.6) is 5.75 Å². The molecule has 1 heterocycles. The molecular formula is C17H16N2O3S. The van der Waals surface area contributed by atoms with E-state index in [0.29, 0.717) is 16.4 Å². The van der Waals surface area contributed by atoms with Crippen molar-refractivity contribution in [3.05, 3.63) is 53.6 Å². The van der Waals surface area contributed by atoms with Crippen LogP contribution < -0.4 is 10.1 Å². The number of nitrogens with zero attached hydrogens (tertiary/aromatic N) is 1. The average Bonchev–Trinajstić information content (AvgIpc) is 2.95. The minimum absolute atomic E-state index is 0.470. The molecule has 3 aromatic rings. The maximum Gasteiger partial charge on any atom is 0.259 e. The molecule has 23 heavy (non-hydrogen) atoms. The molecule has 118 valence electrons. The molecule has 6 heteroatoms. The summed E-state index contributed by atoms with van der Waals surface area (Å²) in [5.41, 5.74) is 2.43. The number of fused-ring (bicyclic) bond motifs is 1. The van der Waals surface area contributed by atoms with Gasteiger partial charge in [0.05, 0.1) is 17.3 Å². The van der Waals surface area contributed by atoms with Gasteiger partial charge in [0.25, 0.3) is 5.91 Å². The number of anilines is 1. The number of methoxy groups -OCH3 is 1. The number of thiazole rings is 1. The molecule has 1 amide bonds. The standard InChI is InChI=1S/C17H16N2O3S/c1-10-6-7-13-14(8-10)23-17(18-13)19-16(21)15(20)11-4-3-5-12(9-11)22-2/h3-9,15,20H,1-2H3,(H,18,19,21). The van der Waals surface area contributed by atoms with E-state index in [-0.39, 0.29) is 0 Å². The Morgan fingerprint density at radius 3 is 2.91 bits per heavy atom. The summed E-state index contributed by atoms with van der Waals surface area (Å²) in [6.45, 7) is 2.00. The molecule has 0 fully saturated rings. The fourth-order valence-electron chi connectivity index (χ4n) is 2.22. The lowest BCUT2D eigenvalue weighted by Gasteiger charge is -2.11. The van der Waals surface area contributed by atoms with Crippen molar-refractivity contribution in [2.75, 3.05) is 12.4 Å². The van der Waals surface area contributed by atoms with Crippen molar-refractivity contribution in [3.63, 3.8) is 0 Å². The average molecular weight is 328 g/mol. The van der Waals surface area contributed by atoms with E-state index >= 15 is 0 Å². The Hall–Kier alpha value is -2.44. The smallest absolute Gasteiger partial charge is 0.259 e. The highest BCUT2D eigenvalue weighted by Crippen LogP contribution is 2.28. The van der Waals surface area contributed by atoms with E-state index in [1.165, 1.54) is 18.4 Å². The van der Waals surface area contributed by atoms with Gasteiger partial charge in [-0.2, -0.15) is 0 Å². The van der Waals surface area contributed by atoms with E-state index in [1.54, 1.807) is 24.3 Å². The Morgan fingerprint density at radius 2 is 2.13 bits per heavy atom. The summed E-state index contributed by atoms with van der Waals surface area (Å²) < 4.78 is 6.10. The highest BCUT2D eigenvalue weighted by atomic mass is 32.1. The van der Waals surface area contributed by atoms with Gasteiger partial charge in [0.2, 0.25) is 0 Å². The van der Waals surface area contributed by atoms with Gasteiger partial charge in [-0.15, -0.1) is 0 Å². The maximum atomic E-state index is 12.2. The second-order valence-electron chi connectivity index (χ2n) is 5.16. The Morgan fingerprint density at radius 1 is 1.30 bits per heavy atom. The number of hydrogen-bond acceptors (Lipinski definition) is 5. The number of aromatic nitrogens is 1. The molecular weight excluding hydrogens is 312 g/mol. The van der Waals surface area contributed by atoms with Crippen molar-refractivity contribution in [3.8, 4) is 5.75 Å². The third-order valence-electron chi connectivity index (χ3n) is 3.43. The third kappa shape index (κ3) is 3.33. The number of carbonyl (C=O) groups excluding carboxylic acids is 1. The van der Waals surface area contributed by atoms with Crippen LogP contribution >= 0.6 is 11.3 Å². The summed E-state index contributed by atoms with van der Waals surface area (Å²) in [6.07, 6.45) is -1.28. The maximum absolute atomic E-state index is 12.2. The first-order valence-electron chi connectivity index (χ1n) is 7.07. The first kappa shape index (κ1) is 15.5. The van der Waals surface area contributed by atoms with Crippen LogP contribution in [0.2, 0.25) is 0 Å². The van der Waals surface area contributed by atoms with Crippen LogP contribution in [-0.4, -0.2) is 23.1 Å². The van der Waals surface area contributed by atoms with Crippen LogP contribution in [0.15, 0.2) is 42.5 Å². The molecule has 0 saturated carbocycles. The van der Waals surface area contributed by atoms with E-state index in [0.717, 1.165) is 15.8 Å². The van der Waals surface area contributed by atoms with Crippen molar-refractivity contribution in [2.24, 2.45) is 0 Å². The lowest BCUT2D eigenvalue weighted by atomic mass is 10.1. The SMILES string of the molecule is COc1cccc(C(O)C(=O)Nc2nc3ccc(C)cc3s2)c1. The number of hydrogen-bond donors (Lipinski definition) is 2. The summed E-state index contributed by atoms with van der Waals surface area (Å²) in [4.78, 5) is 16.6. The zero-order chi connectivity index (χ0) is 16.4. The molecule has 0 bridgehead atoms. The molecule has 0 aliphatic rings. The van der Waals surface area contributed by atoms with E-state index in [2.05, 4.69) is 10.3 Å². The van der Waals surface area contributed by atoms with Crippen LogP contribution in [0.1, 0.15) is 17.2 Å². The highest BCUT2D eigenvalue weighted by Gasteiger charge is 2.19. The number of aliphatic hydroxyl groups excluding tert-OH is 1. The van der Waals surface area contributed by atoms with Crippen LogP contribution in [0.3, 0.4) is 0 Å². The molecule has 0 saturated heterocycles. The van der Waals surface area contributed by atoms with Crippen LogP contribution in [0, 0.1) is 6.92 Å². The number of carbonyl (C=O) groups is 1. The normalized spacial score (nSPS) is 12.1. The van der Waals surface area contributed by atoms with Gasteiger partial charge in [-0.05, 0) is 42.3 Å². The molecule has 1 unspecified atom stereocenters. The number of ether oxygens (including phenoxy) is 1. The third-order valence-corrected chi connectivity index (χ3v) is 4.37. The zero-order valence-corrected chi connectivity index (χ0v) is 13.6. The first-order valence-corrected chi connectivity index (χ1v) is 7.88. The molecule has 0 spiro atoms. The Bertz CT molecular complexity index is 860. The van der Waals surface area contributed by atoms with Gasteiger partial charge in [0.1, 0.15) is 5.75 Å². The van der Waals surface area contributed by atoms with Gasteiger partial charge in [-0.1, -0.05) is 29.5 Å². The number of nitrogens with one attached hydrogen (secondary N) is 1. The molecule has 0 aliphatic heterocycles. The fourth-order valence-corrected chi connectivity index (χ4v) is 3.19. The van der Waals surface area contributed by atoms with E-state index in [1.807, 2.05) is 25.1 Å². The monoisotopic (exact) mass is 328 g/mol. The molecule has 3 rings (SSSR count). The highest BCUT2D eigenvalue weighted by molar-refractivity contribution is 7.22. The van der Waals surface area contributed by atoms with Gasteiger partial charge in [-0.3, -0.25) is 10.1 Å². The zero-order valence-electron chi connectivity index (χ0n) is 12.7. The predicted molar refractivity (Wildman–Crippen MR) is 90.9 cm³/mol. The molecule has 1 aromatic heterocycles. The second-order valence-corrected chi connectivity index (χ2v) is 6.19. The van der Waals surface area contributed by atoms with Crippen LogP contribution in [0.4, 0.5) is 5.13 Å². The van der Waals surface area contributed by atoms with Gasteiger partial charge in [0.15, 0.2) is 11.2 Å². The lowest BCUT2D eigenvalue weighted by molar-refractivity contribution is -0.124. The number of rotatable bonds is 4. The molecule has 0 aliphatic carbocycles. The van der Waals surface area contributed by atoms with Crippen molar-refractivity contribution >= 4 is 32.6 Å². The lowest BCUT2D eigenvalue weighted by Crippen LogP contribution is -2.20. The molecule has 1 atom stereocenters. The molecule has 2 aromatic carbocycles. The number of benzene rings is 2. The molecule has 0 radical (unpaired) electrons. The minimum Gasteiger partial charge on any atom is -0.497 e. The summed E-state index contributed by atoms with van der Waals surface area (Å²) in [7, 11) is 1.54.